The third-order valence-corrected chi connectivity index (χ3v) is 2.91. The molecule has 0 aliphatic rings. The molecule has 0 saturated carbocycles. The van der Waals surface area contributed by atoms with Crippen LogP contribution in [0.4, 0.5) is 0 Å². The summed E-state index contributed by atoms with van der Waals surface area (Å²) >= 11 is 0. The summed E-state index contributed by atoms with van der Waals surface area (Å²) in [7, 11) is 3.27. The SMILES string of the molecule is COc1ccc(C(C)NC(C)(C)CO)c(OC)c1. The Morgan fingerprint density at radius 3 is 2.44 bits per heavy atom. The van der Waals surface area contributed by atoms with Crippen LogP contribution in [0.3, 0.4) is 0 Å². The Balaban J connectivity index is 2.94. The van der Waals surface area contributed by atoms with Crippen LogP contribution in [-0.4, -0.2) is 31.5 Å². The highest BCUT2D eigenvalue weighted by atomic mass is 16.5. The molecule has 0 aromatic heterocycles. The van der Waals surface area contributed by atoms with E-state index in [-0.39, 0.29) is 18.2 Å². The zero-order valence-corrected chi connectivity index (χ0v) is 11.8. The molecule has 0 aliphatic heterocycles. The molecule has 0 saturated heterocycles. The first-order valence-electron chi connectivity index (χ1n) is 6.04. The molecule has 2 N–H and O–H groups in total. The predicted molar refractivity (Wildman–Crippen MR) is 72.3 cm³/mol. The van der Waals surface area contributed by atoms with Gasteiger partial charge in [0.05, 0.1) is 20.8 Å². The van der Waals surface area contributed by atoms with E-state index in [0.717, 1.165) is 17.1 Å². The molecule has 1 aromatic carbocycles. The highest BCUT2D eigenvalue weighted by Crippen LogP contribution is 2.30. The van der Waals surface area contributed by atoms with Gasteiger partial charge in [0.2, 0.25) is 0 Å². The van der Waals surface area contributed by atoms with Crippen LogP contribution < -0.4 is 14.8 Å². The summed E-state index contributed by atoms with van der Waals surface area (Å²) in [6.45, 7) is 6.04. The Bertz CT molecular complexity index is 391. The van der Waals surface area contributed by atoms with Crippen molar-refractivity contribution in [2.75, 3.05) is 20.8 Å². The number of aliphatic hydroxyl groups is 1. The van der Waals surface area contributed by atoms with E-state index in [1.165, 1.54) is 0 Å². The molecule has 4 nitrogen and oxygen atoms in total. The molecule has 1 rings (SSSR count). The second-order valence-corrected chi connectivity index (χ2v) is 5.02. The minimum atomic E-state index is -0.329. The number of benzene rings is 1. The first-order chi connectivity index (χ1) is 8.43. The molecular formula is C14H23NO3. The van der Waals surface area contributed by atoms with Gasteiger partial charge in [-0.15, -0.1) is 0 Å². The number of aliphatic hydroxyl groups excluding tert-OH is 1. The number of rotatable bonds is 6. The summed E-state index contributed by atoms with van der Waals surface area (Å²) in [4.78, 5) is 0. The minimum absolute atomic E-state index is 0.0769. The quantitative estimate of drug-likeness (QED) is 0.815. The highest BCUT2D eigenvalue weighted by molar-refractivity contribution is 5.42. The first kappa shape index (κ1) is 14.8. The van der Waals surface area contributed by atoms with Crippen LogP contribution in [0.25, 0.3) is 0 Å². The fourth-order valence-electron chi connectivity index (χ4n) is 1.89. The number of hydrogen-bond donors (Lipinski definition) is 2. The van der Waals surface area contributed by atoms with E-state index in [2.05, 4.69) is 5.32 Å². The molecular weight excluding hydrogens is 230 g/mol. The van der Waals surface area contributed by atoms with E-state index in [9.17, 15) is 5.11 Å². The Morgan fingerprint density at radius 1 is 1.28 bits per heavy atom. The van der Waals surface area contributed by atoms with Gasteiger partial charge in [0.15, 0.2) is 0 Å². The average molecular weight is 253 g/mol. The molecule has 0 amide bonds. The molecule has 0 spiro atoms. The smallest absolute Gasteiger partial charge is 0.127 e. The summed E-state index contributed by atoms with van der Waals surface area (Å²) in [5.74, 6) is 1.55. The predicted octanol–water partition coefficient (Wildman–Crippen LogP) is 2.13. The van der Waals surface area contributed by atoms with Gasteiger partial charge in [-0.25, -0.2) is 0 Å². The summed E-state index contributed by atoms with van der Waals surface area (Å²) in [5.41, 5.74) is 0.712. The molecule has 1 unspecified atom stereocenters. The van der Waals surface area contributed by atoms with E-state index < -0.39 is 0 Å². The molecule has 0 heterocycles. The van der Waals surface area contributed by atoms with E-state index in [1.54, 1.807) is 14.2 Å². The number of methoxy groups -OCH3 is 2. The Morgan fingerprint density at radius 2 is 1.94 bits per heavy atom. The van der Waals surface area contributed by atoms with Crippen LogP contribution >= 0.6 is 0 Å². The fourth-order valence-corrected chi connectivity index (χ4v) is 1.89. The maximum atomic E-state index is 9.28. The van der Waals surface area contributed by atoms with Crippen molar-refractivity contribution in [1.82, 2.24) is 5.32 Å². The first-order valence-corrected chi connectivity index (χ1v) is 6.04. The van der Waals surface area contributed by atoms with Crippen molar-refractivity contribution in [2.45, 2.75) is 32.4 Å². The van der Waals surface area contributed by atoms with Crippen molar-refractivity contribution in [3.8, 4) is 11.5 Å². The summed E-state index contributed by atoms with van der Waals surface area (Å²) in [6, 6.07) is 5.82. The minimum Gasteiger partial charge on any atom is -0.497 e. The second-order valence-electron chi connectivity index (χ2n) is 5.02. The van der Waals surface area contributed by atoms with Gasteiger partial charge in [0.1, 0.15) is 11.5 Å². The van der Waals surface area contributed by atoms with Gasteiger partial charge in [-0.3, -0.25) is 0 Å². The molecule has 0 bridgehead atoms. The third kappa shape index (κ3) is 3.62. The Hall–Kier alpha value is -1.26. The van der Waals surface area contributed by atoms with Gasteiger partial charge in [0, 0.05) is 23.2 Å². The molecule has 18 heavy (non-hydrogen) atoms. The van der Waals surface area contributed by atoms with Gasteiger partial charge in [0.25, 0.3) is 0 Å². The summed E-state index contributed by atoms with van der Waals surface area (Å²) < 4.78 is 10.5. The van der Waals surface area contributed by atoms with Crippen molar-refractivity contribution >= 4 is 0 Å². The lowest BCUT2D eigenvalue weighted by atomic mass is 10.0. The maximum absolute atomic E-state index is 9.28. The largest absolute Gasteiger partial charge is 0.497 e. The van der Waals surface area contributed by atoms with Crippen LogP contribution in [-0.2, 0) is 0 Å². The van der Waals surface area contributed by atoms with Crippen molar-refractivity contribution < 1.29 is 14.6 Å². The fraction of sp³-hybridized carbons (Fsp3) is 0.571. The Kier molecular flexibility index (Phi) is 4.99. The lowest BCUT2D eigenvalue weighted by molar-refractivity contribution is 0.177. The van der Waals surface area contributed by atoms with Crippen molar-refractivity contribution in [3.63, 3.8) is 0 Å². The standard InChI is InChI=1S/C14H23NO3/c1-10(15-14(2,3)9-16)12-7-6-11(17-4)8-13(12)18-5/h6-8,10,15-16H,9H2,1-5H3. The molecule has 1 aromatic rings. The van der Waals surface area contributed by atoms with Gasteiger partial charge in [-0.1, -0.05) is 6.07 Å². The van der Waals surface area contributed by atoms with Crippen molar-refractivity contribution in [2.24, 2.45) is 0 Å². The number of ether oxygens (including phenoxy) is 2. The van der Waals surface area contributed by atoms with Gasteiger partial charge in [-0.2, -0.15) is 0 Å². The molecule has 0 aliphatic carbocycles. The molecule has 4 heteroatoms. The van der Waals surface area contributed by atoms with Crippen LogP contribution in [0.15, 0.2) is 18.2 Å². The normalized spacial score (nSPS) is 13.2. The number of hydrogen-bond acceptors (Lipinski definition) is 4. The highest BCUT2D eigenvalue weighted by Gasteiger charge is 2.21. The monoisotopic (exact) mass is 253 g/mol. The average Bonchev–Trinajstić information content (AvgIpc) is 2.37. The second kappa shape index (κ2) is 6.07. The van der Waals surface area contributed by atoms with E-state index >= 15 is 0 Å². The number of nitrogens with one attached hydrogen (secondary N) is 1. The van der Waals surface area contributed by atoms with Crippen LogP contribution in [0.5, 0.6) is 11.5 Å². The van der Waals surface area contributed by atoms with E-state index in [1.807, 2.05) is 39.0 Å². The molecule has 0 radical (unpaired) electrons. The third-order valence-electron chi connectivity index (χ3n) is 2.91. The van der Waals surface area contributed by atoms with Gasteiger partial charge in [-0.05, 0) is 26.8 Å². The molecule has 102 valence electrons. The van der Waals surface area contributed by atoms with Crippen LogP contribution in [0.1, 0.15) is 32.4 Å². The summed E-state index contributed by atoms with van der Waals surface area (Å²) in [5, 5.41) is 12.6. The molecule has 1 atom stereocenters. The lowest BCUT2D eigenvalue weighted by Gasteiger charge is -2.29. The van der Waals surface area contributed by atoms with Gasteiger partial charge < -0.3 is 19.9 Å². The zero-order chi connectivity index (χ0) is 13.8. The van der Waals surface area contributed by atoms with E-state index in [0.29, 0.717) is 0 Å². The topological polar surface area (TPSA) is 50.7 Å². The van der Waals surface area contributed by atoms with Crippen molar-refractivity contribution in [3.05, 3.63) is 23.8 Å². The van der Waals surface area contributed by atoms with Crippen molar-refractivity contribution in [1.29, 1.82) is 0 Å². The maximum Gasteiger partial charge on any atom is 0.127 e. The summed E-state index contributed by atoms with van der Waals surface area (Å²) in [6.07, 6.45) is 0. The zero-order valence-electron chi connectivity index (χ0n) is 11.8. The lowest BCUT2D eigenvalue weighted by Crippen LogP contribution is -2.44. The molecule has 0 fully saturated rings. The Labute approximate surface area is 109 Å². The van der Waals surface area contributed by atoms with Crippen LogP contribution in [0, 0.1) is 0 Å². The van der Waals surface area contributed by atoms with Gasteiger partial charge >= 0.3 is 0 Å². The van der Waals surface area contributed by atoms with E-state index in [4.69, 9.17) is 9.47 Å². The van der Waals surface area contributed by atoms with Crippen LogP contribution in [0.2, 0.25) is 0 Å².